The van der Waals surface area contributed by atoms with Gasteiger partial charge in [-0.05, 0) is 64.2 Å². The number of likely N-dealkylation sites (N-methyl/N-ethyl adjacent to an activating group) is 1. The standard InChI is InChI=1S/C15H29N3O.2ClH/c1-12(13-5-3-7-16-10-13)9-15(19)17-11-14-6-4-8-18(14)2;;/h12-14,16H,3-11H2,1-2H3,(H,17,19);2*1H. The molecule has 0 aromatic heterocycles. The molecule has 2 N–H and O–H groups in total. The van der Waals surface area contributed by atoms with Gasteiger partial charge >= 0.3 is 0 Å². The lowest BCUT2D eigenvalue weighted by Crippen LogP contribution is -2.40. The number of carbonyl (C=O) groups is 1. The van der Waals surface area contributed by atoms with Crippen LogP contribution >= 0.6 is 24.8 Å². The lowest BCUT2D eigenvalue weighted by molar-refractivity contribution is -0.122. The Morgan fingerprint density at radius 2 is 2.10 bits per heavy atom. The summed E-state index contributed by atoms with van der Waals surface area (Å²) in [7, 11) is 2.15. The Morgan fingerprint density at radius 3 is 2.67 bits per heavy atom. The number of hydrogen-bond acceptors (Lipinski definition) is 3. The molecule has 0 spiro atoms. The highest BCUT2D eigenvalue weighted by atomic mass is 35.5. The zero-order chi connectivity index (χ0) is 13.7. The molecule has 3 unspecified atom stereocenters. The number of likely N-dealkylation sites (tertiary alicyclic amines) is 1. The van der Waals surface area contributed by atoms with Gasteiger partial charge in [0.15, 0.2) is 0 Å². The lowest BCUT2D eigenvalue weighted by atomic mass is 9.85. The van der Waals surface area contributed by atoms with Crippen LogP contribution in [-0.2, 0) is 4.79 Å². The molecule has 2 fully saturated rings. The highest BCUT2D eigenvalue weighted by Gasteiger charge is 2.24. The summed E-state index contributed by atoms with van der Waals surface area (Å²) in [5.41, 5.74) is 0. The molecule has 2 aliphatic heterocycles. The largest absolute Gasteiger partial charge is 0.355 e. The van der Waals surface area contributed by atoms with Gasteiger partial charge in [-0.25, -0.2) is 0 Å². The minimum absolute atomic E-state index is 0. The van der Waals surface area contributed by atoms with E-state index in [1.807, 2.05) is 0 Å². The summed E-state index contributed by atoms with van der Waals surface area (Å²) in [4.78, 5) is 14.4. The minimum Gasteiger partial charge on any atom is -0.355 e. The van der Waals surface area contributed by atoms with Gasteiger partial charge in [0.25, 0.3) is 0 Å². The average molecular weight is 340 g/mol. The van der Waals surface area contributed by atoms with Gasteiger partial charge in [0.2, 0.25) is 5.91 Å². The molecule has 0 aliphatic carbocycles. The molecule has 2 saturated heterocycles. The molecule has 126 valence electrons. The van der Waals surface area contributed by atoms with E-state index in [1.54, 1.807) is 0 Å². The van der Waals surface area contributed by atoms with E-state index in [0.717, 1.165) is 19.6 Å². The number of rotatable bonds is 5. The predicted molar refractivity (Wildman–Crippen MR) is 92.5 cm³/mol. The van der Waals surface area contributed by atoms with Crippen molar-refractivity contribution in [2.45, 2.75) is 45.1 Å². The second-order valence-corrected chi connectivity index (χ2v) is 6.37. The van der Waals surface area contributed by atoms with Crippen LogP contribution < -0.4 is 10.6 Å². The first-order valence-electron chi connectivity index (χ1n) is 7.84. The van der Waals surface area contributed by atoms with E-state index in [4.69, 9.17) is 0 Å². The van der Waals surface area contributed by atoms with Crippen molar-refractivity contribution in [3.8, 4) is 0 Å². The van der Waals surface area contributed by atoms with Gasteiger partial charge in [-0.1, -0.05) is 6.92 Å². The van der Waals surface area contributed by atoms with Crippen molar-refractivity contribution in [2.24, 2.45) is 11.8 Å². The minimum atomic E-state index is 0. The average Bonchev–Trinajstić information content (AvgIpc) is 2.83. The van der Waals surface area contributed by atoms with Gasteiger partial charge in [-0.15, -0.1) is 24.8 Å². The molecule has 2 rings (SSSR count). The maximum absolute atomic E-state index is 12.0. The van der Waals surface area contributed by atoms with Gasteiger partial charge in [0, 0.05) is 19.0 Å². The quantitative estimate of drug-likeness (QED) is 0.805. The molecule has 0 radical (unpaired) electrons. The first-order valence-corrected chi connectivity index (χ1v) is 7.84. The van der Waals surface area contributed by atoms with Gasteiger partial charge < -0.3 is 15.5 Å². The summed E-state index contributed by atoms with van der Waals surface area (Å²) >= 11 is 0. The Kier molecular flexibility index (Phi) is 10.6. The van der Waals surface area contributed by atoms with Crippen molar-refractivity contribution < 1.29 is 4.79 Å². The number of halogens is 2. The fourth-order valence-electron chi connectivity index (χ4n) is 3.36. The third-order valence-corrected chi connectivity index (χ3v) is 4.85. The van der Waals surface area contributed by atoms with Crippen molar-refractivity contribution in [1.82, 2.24) is 15.5 Å². The monoisotopic (exact) mass is 339 g/mol. The van der Waals surface area contributed by atoms with Gasteiger partial charge in [0.05, 0.1) is 0 Å². The first-order chi connectivity index (χ1) is 9.16. The van der Waals surface area contributed by atoms with E-state index in [1.165, 1.54) is 32.2 Å². The topological polar surface area (TPSA) is 44.4 Å². The number of hydrogen-bond donors (Lipinski definition) is 2. The van der Waals surface area contributed by atoms with E-state index in [-0.39, 0.29) is 30.7 Å². The Labute approximate surface area is 141 Å². The molecule has 0 aromatic carbocycles. The molecule has 2 heterocycles. The molecular formula is C15H31Cl2N3O. The highest BCUT2D eigenvalue weighted by Crippen LogP contribution is 2.22. The van der Waals surface area contributed by atoms with Crippen molar-refractivity contribution in [3.05, 3.63) is 0 Å². The van der Waals surface area contributed by atoms with Crippen LogP contribution in [0.2, 0.25) is 0 Å². The van der Waals surface area contributed by atoms with Crippen LogP contribution in [0.25, 0.3) is 0 Å². The first kappa shape index (κ1) is 21.0. The third-order valence-electron chi connectivity index (χ3n) is 4.85. The van der Waals surface area contributed by atoms with Crippen molar-refractivity contribution in [1.29, 1.82) is 0 Å². The van der Waals surface area contributed by atoms with Crippen LogP contribution in [0.3, 0.4) is 0 Å². The fourth-order valence-corrected chi connectivity index (χ4v) is 3.36. The van der Waals surface area contributed by atoms with Crippen LogP contribution in [0.5, 0.6) is 0 Å². The van der Waals surface area contributed by atoms with Crippen LogP contribution in [0.1, 0.15) is 39.0 Å². The van der Waals surface area contributed by atoms with Crippen LogP contribution in [0.15, 0.2) is 0 Å². The molecule has 4 nitrogen and oxygen atoms in total. The van der Waals surface area contributed by atoms with Crippen LogP contribution in [0, 0.1) is 11.8 Å². The van der Waals surface area contributed by atoms with Crippen molar-refractivity contribution in [2.75, 3.05) is 33.2 Å². The molecule has 0 bridgehead atoms. The number of carbonyl (C=O) groups excluding carboxylic acids is 1. The molecule has 21 heavy (non-hydrogen) atoms. The Hall–Kier alpha value is -0.0300. The number of nitrogens with one attached hydrogen (secondary N) is 2. The lowest BCUT2D eigenvalue weighted by Gasteiger charge is -2.28. The third kappa shape index (κ3) is 6.72. The van der Waals surface area contributed by atoms with E-state index < -0.39 is 0 Å². The second kappa shape index (κ2) is 10.7. The van der Waals surface area contributed by atoms with Gasteiger partial charge in [0.1, 0.15) is 0 Å². The number of nitrogens with zero attached hydrogens (tertiary/aromatic N) is 1. The summed E-state index contributed by atoms with van der Waals surface area (Å²) in [6.45, 7) is 6.44. The maximum Gasteiger partial charge on any atom is 0.220 e. The summed E-state index contributed by atoms with van der Waals surface area (Å²) in [5.74, 6) is 1.40. The summed E-state index contributed by atoms with van der Waals surface area (Å²) < 4.78 is 0. The second-order valence-electron chi connectivity index (χ2n) is 6.37. The smallest absolute Gasteiger partial charge is 0.220 e. The maximum atomic E-state index is 12.0. The van der Waals surface area contributed by atoms with Crippen LogP contribution in [-0.4, -0.2) is 50.1 Å². The van der Waals surface area contributed by atoms with E-state index >= 15 is 0 Å². The van der Waals surface area contributed by atoms with Gasteiger partial charge in [-0.3, -0.25) is 4.79 Å². The summed E-state index contributed by atoms with van der Waals surface area (Å²) in [5, 5.41) is 6.56. The molecular weight excluding hydrogens is 309 g/mol. The van der Waals surface area contributed by atoms with Crippen molar-refractivity contribution in [3.63, 3.8) is 0 Å². The number of amides is 1. The van der Waals surface area contributed by atoms with Crippen molar-refractivity contribution >= 4 is 30.7 Å². The zero-order valence-corrected chi connectivity index (χ0v) is 14.9. The normalized spacial score (nSPS) is 27.3. The zero-order valence-electron chi connectivity index (χ0n) is 13.3. The molecule has 0 saturated carbocycles. The molecule has 3 atom stereocenters. The van der Waals surface area contributed by atoms with E-state index in [9.17, 15) is 4.79 Å². The van der Waals surface area contributed by atoms with Crippen LogP contribution in [0.4, 0.5) is 0 Å². The predicted octanol–water partition coefficient (Wildman–Crippen LogP) is 2.07. The molecule has 6 heteroatoms. The Balaban J connectivity index is 0.00000200. The van der Waals surface area contributed by atoms with E-state index in [2.05, 4.69) is 29.5 Å². The summed E-state index contributed by atoms with van der Waals surface area (Å²) in [6, 6.07) is 0.551. The molecule has 2 aliphatic rings. The SMILES string of the molecule is CC(CC(=O)NCC1CCCN1C)C1CCCNC1.Cl.Cl. The fraction of sp³-hybridized carbons (Fsp3) is 0.933. The number of piperidine rings is 1. The molecule has 0 aromatic rings. The highest BCUT2D eigenvalue weighted by molar-refractivity contribution is 5.85. The summed E-state index contributed by atoms with van der Waals surface area (Å²) in [6.07, 6.45) is 5.69. The molecule has 1 amide bonds. The Morgan fingerprint density at radius 1 is 1.33 bits per heavy atom. The van der Waals surface area contributed by atoms with E-state index in [0.29, 0.717) is 24.3 Å². The van der Waals surface area contributed by atoms with Gasteiger partial charge in [-0.2, -0.15) is 0 Å². The Bertz CT molecular complexity index is 299.